The summed E-state index contributed by atoms with van der Waals surface area (Å²) in [5.41, 5.74) is 1.88. The Kier molecular flexibility index (Phi) is 5.63. The average molecular weight is 401 g/mol. The van der Waals surface area contributed by atoms with Crippen LogP contribution in [0.1, 0.15) is 10.6 Å². The van der Waals surface area contributed by atoms with Crippen LogP contribution in [0.3, 0.4) is 0 Å². The molecule has 4 aromatic rings. The SMILES string of the molecule is c1ccc(-c2nc(CSc3nnc(NCCc4cccs4)s3)co2)cc1. The lowest BCUT2D eigenvalue weighted by atomic mass is 10.2. The third-order valence-electron chi connectivity index (χ3n) is 3.55. The summed E-state index contributed by atoms with van der Waals surface area (Å²) < 4.78 is 6.49. The van der Waals surface area contributed by atoms with Crippen LogP contribution < -0.4 is 5.32 Å². The third-order valence-corrected chi connectivity index (χ3v) is 6.53. The van der Waals surface area contributed by atoms with Gasteiger partial charge >= 0.3 is 0 Å². The summed E-state index contributed by atoms with van der Waals surface area (Å²) in [5.74, 6) is 1.36. The Bertz CT molecular complexity index is 934. The Morgan fingerprint density at radius 2 is 2.00 bits per heavy atom. The molecule has 0 amide bonds. The molecule has 0 saturated carbocycles. The van der Waals surface area contributed by atoms with Gasteiger partial charge in [0.2, 0.25) is 11.0 Å². The minimum atomic E-state index is 0.648. The second-order valence-corrected chi connectivity index (χ2v) is 8.66. The number of nitrogens with one attached hydrogen (secondary N) is 1. The van der Waals surface area contributed by atoms with Gasteiger partial charge in [-0.25, -0.2) is 4.98 Å². The van der Waals surface area contributed by atoms with E-state index < -0.39 is 0 Å². The van der Waals surface area contributed by atoms with Crippen LogP contribution in [0.2, 0.25) is 0 Å². The van der Waals surface area contributed by atoms with E-state index in [9.17, 15) is 0 Å². The molecule has 4 rings (SSSR count). The van der Waals surface area contributed by atoms with Gasteiger partial charge in [-0.2, -0.15) is 0 Å². The fourth-order valence-corrected chi connectivity index (χ4v) is 4.67. The number of thiophene rings is 1. The van der Waals surface area contributed by atoms with Crippen molar-refractivity contribution in [3.05, 3.63) is 64.7 Å². The summed E-state index contributed by atoms with van der Waals surface area (Å²) in [6, 6.07) is 14.1. The van der Waals surface area contributed by atoms with E-state index >= 15 is 0 Å². The zero-order valence-electron chi connectivity index (χ0n) is 13.8. The standard InChI is InChI=1S/C18H16N4OS3/c1-2-5-13(6-3-1)16-20-14(11-23-16)12-25-18-22-21-17(26-18)19-9-8-15-7-4-10-24-15/h1-7,10-11H,8-9,12H2,(H,19,21). The topological polar surface area (TPSA) is 63.8 Å². The van der Waals surface area contributed by atoms with Gasteiger partial charge in [0.15, 0.2) is 4.34 Å². The van der Waals surface area contributed by atoms with Crippen molar-refractivity contribution in [3.8, 4) is 11.5 Å². The van der Waals surface area contributed by atoms with Crippen LogP contribution in [0.5, 0.6) is 0 Å². The van der Waals surface area contributed by atoms with Gasteiger partial charge in [-0.1, -0.05) is 47.4 Å². The molecule has 1 aromatic carbocycles. The molecule has 0 saturated heterocycles. The normalized spacial score (nSPS) is 10.9. The van der Waals surface area contributed by atoms with E-state index in [0.717, 1.165) is 33.7 Å². The van der Waals surface area contributed by atoms with Gasteiger partial charge in [0, 0.05) is 22.7 Å². The predicted molar refractivity (Wildman–Crippen MR) is 108 cm³/mol. The molecule has 1 N–H and O–H groups in total. The molecular formula is C18H16N4OS3. The van der Waals surface area contributed by atoms with Crippen LogP contribution in [-0.4, -0.2) is 21.7 Å². The van der Waals surface area contributed by atoms with E-state index in [1.54, 1.807) is 40.7 Å². The van der Waals surface area contributed by atoms with E-state index in [1.807, 2.05) is 30.3 Å². The first-order valence-electron chi connectivity index (χ1n) is 8.09. The summed E-state index contributed by atoms with van der Waals surface area (Å²) in [6.07, 6.45) is 2.71. The molecule has 0 unspecified atom stereocenters. The van der Waals surface area contributed by atoms with Gasteiger partial charge in [-0.05, 0) is 30.0 Å². The van der Waals surface area contributed by atoms with E-state index in [-0.39, 0.29) is 0 Å². The summed E-state index contributed by atoms with van der Waals surface area (Å²) >= 11 is 4.96. The summed E-state index contributed by atoms with van der Waals surface area (Å²) in [4.78, 5) is 5.91. The largest absolute Gasteiger partial charge is 0.444 e. The lowest BCUT2D eigenvalue weighted by Crippen LogP contribution is -2.03. The molecule has 26 heavy (non-hydrogen) atoms. The highest BCUT2D eigenvalue weighted by Crippen LogP contribution is 2.29. The molecular weight excluding hydrogens is 384 g/mol. The van der Waals surface area contributed by atoms with Crippen molar-refractivity contribution in [1.29, 1.82) is 0 Å². The molecule has 0 radical (unpaired) electrons. The number of hydrogen-bond acceptors (Lipinski definition) is 8. The number of oxazole rings is 1. The number of thioether (sulfide) groups is 1. The third kappa shape index (κ3) is 4.51. The Balaban J connectivity index is 1.27. The first kappa shape index (κ1) is 17.3. The van der Waals surface area contributed by atoms with Crippen molar-refractivity contribution in [2.45, 2.75) is 16.5 Å². The average Bonchev–Trinajstić information content (AvgIpc) is 3.43. The lowest BCUT2D eigenvalue weighted by Gasteiger charge is -1.98. The van der Waals surface area contributed by atoms with Crippen molar-refractivity contribution in [2.24, 2.45) is 0 Å². The molecule has 132 valence electrons. The van der Waals surface area contributed by atoms with Crippen molar-refractivity contribution >= 4 is 39.6 Å². The molecule has 0 fully saturated rings. The second-order valence-electron chi connectivity index (χ2n) is 5.43. The number of anilines is 1. The summed E-state index contributed by atoms with van der Waals surface area (Å²) in [5, 5.41) is 14.7. The highest BCUT2D eigenvalue weighted by atomic mass is 32.2. The van der Waals surface area contributed by atoms with Crippen molar-refractivity contribution in [2.75, 3.05) is 11.9 Å². The van der Waals surface area contributed by atoms with Gasteiger partial charge in [-0.15, -0.1) is 21.5 Å². The van der Waals surface area contributed by atoms with E-state index in [1.165, 1.54) is 4.88 Å². The van der Waals surface area contributed by atoms with Gasteiger partial charge in [0.1, 0.15) is 6.26 Å². The lowest BCUT2D eigenvalue weighted by molar-refractivity contribution is 0.573. The fourth-order valence-electron chi connectivity index (χ4n) is 2.31. The minimum absolute atomic E-state index is 0.648. The number of hydrogen-bond donors (Lipinski definition) is 1. The quantitative estimate of drug-likeness (QED) is 0.410. The smallest absolute Gasteiger partial charge is 0.226 e. The van der Waals surface area contributed by atoms with Crippen LogP contribution in [0.25, 0.3) is 11.5 Å². The van der Waals surface area contributed by atoms with Crippen LogP contribution >= 0.6 is 34.4 Å². The van der Waals surface area contributed by atoms with Crippen molar-refractivity contribution < 1.29 is 4.42 Å². The Morgan fingerprint density at radius 3 is 2.85 bits per heavy atom. The van der Waals surface area contributed by atoms with Gasteiger partial charge in [0.05, 0.1) is 5.69 Å². The molecule has 8 heteroatoms. The zero-order chi connectivity index (χ0) is 17.6. The molecule has 0 atom stereocenters. The first-order chi connectivity index (χ1) is 12.9. The molecule has 0 aliphatic carbocycles. The molecule has 5 nitrogen and oxygen atoms in total. The highest BCUT2D eigenvalue weighted by molar-refractivity contribution is 8.00. The zero-order valence-corrected chi connectivity index (χ0v) is 16.2. The maximum Gasteiger partial charge on any atom is 0.226 e. The monoisotopic (exact) mass is 400 g/mol. The number of rotatable bonds is 8. The van der Waals surface area contributed by atoms with Crippen LogP contribution in [0, 0.1) is 0 Å². The van der Waals surface area contributed by atoms with Gasteiger partial charge < -0.3 is 9.73 Å². The summed E-state index contributed by atoms with van der Waals surface area (Å²) in [7, 11) is 0. The fraction of sp³-hybridized carbons (Fsp3) is 0.167. The predicted octanol–water partition coefficient (Wildman–Crippen LogP) is 5.20. The van der Waals surface area contributed by atoms with Crippen LogP contribution in [0.4, 0.5) is 5.13 Å². The maximum atomic E-state index is 5.56. The first-order valence-corrected chi connectivity index (χ1v) is 10.8. The molecule has 0 spiro atoms. The molecule has 3 heterocycles. The molecule has 3 aromatic heterocycles. The maximum absolute atomic E-state index is 5.56. The van der Waals surface area contributed by atoms with Crippen molar-refractivity contribution in [1.82, 2.24) is 15.2 Å². The van der Waals surface area contributed by atoms with Crippen LogP contribution in [-0.2, 0) is 12.2 Å². The van der Waals surface area contributed by atoms with E-state index in [4.69, 9.17) is 4.42 Å². The van der Waals surface area contributed by atoms with E-state index in [0.29, 0.717) is 11.6 Å². The van der Waals surface area contributed by atoms with Gasteiger partial charge in [0.25, 0.3) is 0 Å². The molecule has 0 aliphatic rings. The Hall–Kier alpha value is -2.16. The number of nitrogens with zero attached hydrogens (tertiary/aromatic N) is 3. The van der Waals surface area contributed by atoms with Crippen LogP contribution in [0.15, 0.2) is 62.9 Å². The van der Waals surface area contributed by atoms with Crippen molar-refractivity contribution in [3.63, 3.8) is 0 Å². The second kappa shape index (κ2) is 8.48. The molecule has 0 bridgehead atoms. The highest BCUT2D eigenvalue weighted by Gasteiger charge is 2.09. The minimum Gasteiger partial charge on any atom is -0.444 e. The van der Waals surface area contributed by atoms with E-state index in [2.05, 4.69) is 38.0 Å². The summed E-state index contributed by atoms with van der Waals surface area (Å²) in [6.45, 7) is 0.865. The Morgan fingerprint density at radius 1 is 1.08 bits per heavy atom. The van der Waals surface area contributed by atoms with Gasteiger partial charge in [-0.3, -0.25) is 0 Å². The molecule has 0 aliphatic heterocycles. The number of benzene rings is 1. The number of aromatic nitrogens is 3. The Labute approximate surface area is 163 Å².